The molecule has 1 aliphatic rings. The molecule has 1 aliphatic carbocycles. The molecule has 0 atom stereocenters. The highest BCUT2D eigenvalue weighted by Crippen LogP contribution is 2.69. The van der Waals surface area contributed by atoms with Gasteiger partial charge in [-0.15, -0.1) is 0 Å². The molecule has 0 aromatic carbocycles. The summed E-state index contributed by atoms with van der Waals surface area (Å²) in [5, 5.41) is 0. The van der Waals surface area contributed by atoms with Gasteiger partial charge in [0.1, 0.15) is 5.92 Å². The van der Waals surface area contributed by atoms with Crippen LogP contribution in [-0.2, 0) is 0 Å². The van der Waals surface area contributed by atoms with Crippen molar-refractivity contribution in [3.63, 3.8) is 0 Å². The molecule has 0 aliphatic heterocycles. The second kappa shape index (κ2) is 3.06. The lowest BCUT2D eigenvalue weighted by Crippen LogP contribution is -2.51. The Balaban J connectivity index is 3.54. The van der Waals surface area contributed by atoms with Crippen LogP contribution in [-0.4, -0.2) is 23.7 Å². The van der Waals surface area contributed by atoms with Crippen molar-refractivity contribution in [3.8, 4) is 0 Å². The van der Waals surface area contributed by atoms with Gasteiger partial charge in [0.15, 0.2) is 0 Å². The van der Waals surface area contributed by atoms with Crippen LogP contribution in [0.25, 0.3) is 0 Å². The van der Waals surface area contributed by atoms with Crippen molar-refractivity contribution < 1.29 is 35.1 Å². The normalized spacial score (nSPS) is 30.5. The molecular formula is C9H10F8. The van der Waals surface area contributed by atoms with Gasteiger partial charge in [-0.05, 0) is 5.41 Å². The van der Waals surface area contributed by atoms with Crippen molar-refractivity contribution >= 4 is 0 Å². The number of alkyl halides is 8. The SMILES string of the molecule is CC(C)(C)C1C(F)(F)C(F)(F)C(F)(F)C1(F)F. The number of hydrogen-bond donors (Lipinski definition) is 0. The molecule has 0 unspecified atom stereocenters. The van der Waals surface area contributed by atoms with Gasteiger partial charge in [0.2, 0.25) is 0 Å². The second-order valence-electron chi connectivity index (χ2n) is 5.19. The molecule has 0 spiro atoms. The summed E-state index contributed by atoms with van der Waals surface area (Å²) in [5.41, 5.74) is -2.10. The molecule has 0 aromatic heterocycles. The molecular weight excluding hydrogens is 260 g/mol. The average Bonchev–Trinajstić information content (AvgIpc) is 2.03. The highest BCUT2D eigenvalue weighted by Gasteiger charge is 2.94. The quantitative estimate of drug-likeness (QED) is 0.578. The average molecular weight is 270 g/mol. The van der Waals surface area contributed by atoms with Crippen molar-refractivity contribution in [3.05, 3.63) is 0 Å². The molecule has 0 aromatic rings. The first kappa shape index (κ1) is 14.5. The van der Waals surface area contributed by atoms with Gasteiger partial charge in [0.25, 0.3) is 0 Å². The lowest BCUT2D eigenvalue weighted by Gasteiger charge is -2.34. The zero-order chi connectivity index (χ0) is 14.1. The van der Waals surface area contributed by atoms with Gasteiger partial charge in [-0.25, -0.2) is 0 Å². The predicted octanol–water partition coefficient (Wildman–Crippen LogP) is 4.20. The first-order valence-electron chi connectivity index (χ1n) is 4.63. The van der Waals surface area contributed by atoms with E-state index in [2.05, 4.69) is 0 Å². The van der Waals surface area contributed by atoms with Gasteiger partial charge in [0.05, 0.1) is 0 Å². The summed E-state index contributed by atoms with van der Waals surface area (Å²) in [6.07, 6.45) is 0. The molecule has 8 heteroatoms. The van der Waals surface area contributed by atoms with E-state index in [1.54, 1.807) is 0 Å². The third-order valence-electron chi connectivity index (χ3n) is 2.82. The van der Waals surface area contributed by atoms with E-state index < -0.39 is 35.0 Å². The lowest BCUT2D eigenvalue weighted by molar-refractivity contribution is -0.303. The molecule has 0 N–H and O–H groups in total. The van der Waals surface area contributed by atoms with Crippen molar-refractivity contribution in [1.29, 1.82) is 0 Å². The highest BCUT2D eigenvalue weighted by atomic mass is 19.4. The smallest absolute Gasteiger partial charge is 0.199 e. The van der Waals surface area contributed by atoms with Gasteiger partial charge >= 0.3 is 23.7 Å². The minimum Gasteiger partial charge on any atom is -0.199 e. The zero-order valence-electron chi connectivity index (χ0n) is 9.10. The highest BCUT2D eigenvalue weighted by molar-refractivity contribution is 5.20. The van der Waals surface area contributed by atoms with E-state index in [0.717, 1.165) is 20.8 Å². The molecule has 0 radical (unpaired) electrons. The maximum Gasteiger partial charge on any atom is 0.378 e. The molecule has 0 bridgehead atoms. The Bertz CT molecular complexity index is 298. The number of hydrogen-bond acceptors (Lipinski definition) is 0. The predicted molar refractivity (Wildman–Crippen MR) is 42.7 cm³/mol. The van der Waals surface area contributed by atoms with Crippen LogP contribution in [0.5, 0.6) is 0 Å². The molecule has 0 heterocycles. The fourth-order valence-corrected chi connectivity index (χ4v) is 2.10. The van der Waals surface area contributed by atoms with Crippen LogP contribution in [0.2, 0.25) is 0 Å². The third kappa shape index (κ3) is 1.41. The van der Waals surface area contributed by atoms with Crippen LogP contribution in [0.1, 0.15) is 20.8 Å². The van der Waals surface area contributed by atoms with E-state index in [-0.39, 0.29) is 0 Å². The fraction of sp³-hybridized carbons (Fsp3) is 1.00. The maximum atomic E-state index is 13.2. The maximum absolute atomic E-state index is 13.2. The van der Waals surface area contributed by atoms with Crippen LogP contribution >= 0.6 is 0 Å². The summed E-state index contributed by atoms with van der Waals surface area (Å²) in [6, 6.07) is 0. The molecule has 1 saturated carbocycles. The third-order valence-corrected chi connectivity index (χ3v) is 2.82. The summed E-state index contributed by atoms with van der Waals surface area (Å²) < 4.78 is 104. The Morgan fingerprint density at radius 2 is 0.882 bits per heavy atom. The van der Waals surface area contributed by atoms with Gasteiger partial charge < -0.3 is 0 Å². The van der Waals surface area contributed by atoms with Gasteiger partial charge in [0, 0.05) is 0 Å². The van der Waals surface area contributed by atoms with E-state index in [4.69, 9.17) is 0 Å². The Hall–Kier alpha value is -0.560. The Morgan fingerprint density at radius 1 is 0.647 bits per heavy atom. The zero-order valence-corrected chi connectivity index (χ0v) is 9.10. The Labute approximate surface area is 92.0 Å². The Kier molecular flexibility index (Phi) is 2.61. The monoisotopic (exact) mass is 270 g/mol. The summed E-state index contributed by atoms with van der Waals surface area (Å²) in [6.45, 7) is 2.37. The standard InChI is InChI=1S/C9H10F8/c1-5(2,3)4-6(10,11)8(14,15)9(16,17)7(4,12)13/h4H,1-3H3. The van der Waals surface area contributed by atoms with E-state index in [1.807, 2.05) is 0 Å². The van der Waals surface area contributed by atoms with Crippen molar-refractivity contribution in [2.75, 3.05) is 0 Å². The van der Waals surface area contributed by atoms with Crippen LogP contribution in [0.4, 0.5) is 35.1 Å². The van der Waals surface area contributed by atoms with Gasteiger partial charge in [-0.1, -0.05) is 20.8 Å². The van der Waals surface area contributed by atoms with Crippen LogP contribution in [0, 0.1) is 11.3 Å². The van der Waals surface area contributed by atoms with Crippen molar-refractivity contribution in [2.45, 2.75) is 44.5 Å². The van der Waals surface area contributed by atoms with E-state index in [9.17, 15) is 35.1 Å². The van der Waals surface area contributed by atoms with Crippen LogP contribution in [0.15, 0.2) is 0 Å². The van der Waals surface area contributed by atoms with Gasteiger partial charge in [-0.3, -0.25) is 0 Å². The van der Waals surface area contributed by atoms with Crippen LogP contribution in [0.3, 0.4) is 0 Å². The lowest BCUT2D eigenvalue weighted by atomic mass is 9.76. The summed E-state index contributed by atoms with van der Waals surface area (Å²) in [4.78, 5) is 0. The summed E-state index contributed by atoms with van der Waals surface area (Å²) in [7, 11) is 0. The van der Waals surface area contributed by atoms with Crippen molar-refractivity contribution in [1.82, 2.24) is 0 Å². The topological polar surface area (TPSA) is 0 Å². The first-order chi connectivity index (χ1) is 7.12. The largest absolute Gasteiger partial charge is 0.378 e. The molecule has 17 heavy (non-hydrogen) atoms. The van der Waals surface area contributed by atoms with E-state index >= 15 is 0 Å². The van der Waals surface area contributed by atoms with Crippen molar-refractivity contribution in [2.24, 2.45) is 11.3 Å². The number of rotatable bonds is 0. The molecule has 1 rings (SSSR count). The van der Waals surface area contributed by atoms with E-state index in [1.165, 1.54) is 0 Å². The molecule has 102 valence electrons. The molecule has 0 saturated heterocycles. The minimum atomic E-state index is -6.07. The molecule has 1 fully saturated rings. The fourth-order valence-electron chi connectivity index (χ4n) is 2.10. The summed E-state index contributed by atoms with van der Waals surface area (Å²) in [5.74, 6) is -26.5. The molecule has 0 nitrogen and oxygen atoms in total. The van der Waals surface area contributed by atoms with E-state index in [0.29, 0.717) is 0 Å². The second-order valence-corrected chi connectivity index (χ2v) is 5.19. The molecule has 0 amide bonds. The minimum absolute atomic E-state index is 0.789. The number of halogens is 8. The van der Waals surface area contributed by atoms with Gasteiger partial charge in [-0.2, -0.15) is 35.1 Å². The van der Waals surface area contributed by atoms with Crippen LogP contribution < -0.4 is 0 Å². The first-order valence-corrected chi connectivity index (χ1v) is 4.63. The Morgan fingerprint density at radius 3 is 1.00 bits per heavy atom. The summed E-state index contributed by atoms with van der Waals surface area (Å²) >= 11 is 0.